The summed E-state index contributed by atoms with van der Waals surface area (Å²) in [6, 6.07) is 6.56. The molecular weight excluding hydrogens is 176 g/mol. The molecule has 14 heavy (non-hydrogen) atoms. The first-order valence-corrected chi connectivity index (χ1v) is 4.07. The molecule has 1 rings (SSSR count). The predicted octanol–water partition coefficient (Wildman–Crippen LogP) is 1.02. The zero-order valence-corrected chi connectivity index (χ0v) is 7.51. The second-order valence-electron chi connectivity index (χ2n) is 2.81. The number of benzene rings is 1. The van der Waals surface area contributed by atoms with E-state index in [1.807, 2.05) is 0 Å². The zero-order valence-electron chi connectivity index (χ0n) is 7.51. The van der Waals surface area contributed by atoms with E-state index in [-0.39, 0.29) is 0 Å². The van der Waals surface area contributed by atoms with Crippen LogP contribution < -0.4 is 0 Å². The molecule has 0 bridgehead atoms. The molecule has 1 aromatic rings. The maximum Gasteiger partial charge on any atom is 0.139 e. The van der Waals surface area contributed by atoms with Crippen molar-refractivity contribution in [2.45, 2.75) is 12.2 Å². The molecule has 1 aromatic carbocycles. The quantitative estimate of drug-likeness (QED) is 0.677. The van der Waals surface area contributed by atoms with Crippen molar-refractivity contribution in [3.05, 3.63) is 35.4 Å². The van der Waals surface area contributed by atoms with E-state index >= 15 is 0 Å². The number of hydrogen-bond donors (Lipinski definition) is 2. The van der Waals surface area contributed by atoms with Gasteiger partial charge in [0.15, 0.2) is 0 Å². The maximum absolute atomic E-state index is 9.28. The van der Waals surface area contributed by atoms with Gasteiger partial charge in [-0.05, 0) is 11.1 Å². The Labute approximate surface area is 83.2 Å². The van der Waals surface area contributed by atoms with E-state index in [1.165, 1.54) is 0 Å². The molecule has 0 heterocycles. The minimum Gasteiger partial charge on any atom is -0.376 e. The molecule has 0 aliphatic carbocycles. The summed E-state index contributed by atoms with van der Waals surface area (Å²) < 4.78 is 0. The van der Waals surface area contributed by atoms with Crippen LogP contribution >= 0.6 is 0 Å². The zero-order chi connectivity index (χ0) is 10.6. The van der Waals surface area contributed by atoms with Gasteiger partial charge in [-0.2, -0.15) is 0 Å². The van der Waals surface area contributed by atoms with Gasteiger partial charge in [0.05, 0.1) is 0 Å². The number of aliphatic hydroxyl groups is 2. The SMILES string of the molecule is C#CC(O)c1ccc(C(O)C#C)cc1. The van der Waals surface area contributed by atoms with Crippen molar-refractivity contribution in [1.82, 2.24) is 0 Å². The molecule has 0 aromatic heterocycles. The predicted molar refractivity (Wildman–Crippen MR) is 54.0 cm³/mol. The maximum atomic E-state index is 9.28. The second kappa shape index (κ2) is 4.48. The Balaban J connectivity index is 2.91. The summed E-state index contributed by atoms with van der Waals surface area (Å²) in [5, 5.41) is 18.6. The third-order valence-corrected chi connectivity index (χ3v) is 1.88. The van der Waals surface area contributed by atoms with Crippen molar-refractivity contribution >= 4 is 0 Å². The lowest BCUT2D eigenvalue weighted by Crippen LogP contribution is -1.96. The number of aliphatic hydroxyl groups excluding tert-OH is 2. The summed E-state index contributed by atoms with van der Waals surface area (Å²) in [6.45, 7) is 0. The van der Waals surface area contributed by atoms with E-state index < -0.39 is 12.2 Å². The minimum atomic E-state index is -0.910. The van der Waals surface area contributed by atoms with Crippen LogP contribution in [0.5, 0.6) is 0 Å². The Morgan fingerprint density at radius 1 is 0.857 bits per heavy atom. The van der Waals surface area contributed by atoms with Gasteiger partial charge in [-0.3, -0.25) is 0 Å². The topological polar surface area (TPSA) is 40.5 Å². The van der Waals surface area contributed by atoms with Gasteiger partial charge in [0.1, 0.15) is 12.2 Å². The van der Waals surface area contributed by atoms with Crippen LogP contribution in [-0.2, 0) is 0 Å². The number of hydrogen-bond acceptors (Lipinski definition) is 2. The summed E-state index contributed by atoms with van der Waals surface area (Å²) in [4.78, 5) is 0. The molecule has 70 valence electrons. The number of terminal acetylenes is 2. The molecule has 0 saturated heterocycles. The van der Waals surface area contributed by atoms with Crippen LogP contribution in [0.1, 0.15) is 23.3 Å². The fourth-order valence-electron chi connectivity index (χ4n) is 1.05. The van der Waals surface area contributed by atoms with Crippen molar-refractivity contribution in [1.29, 1.82) is 0 Å². The van der Waals surface area contributed by atoms with E-state index in [1.54, 1.807) is 24.3 Å². The molecular formula is C12H10O2. The monoisotopic (exact) mass is 186 g/mol. The average molecular weight is 186 g/mol. The number of rotatable bonds is 2. The molecule has 0 saturated carbocycles. The van der Waals surface area contributed by atoms with Gasteiger partial charge in [0.25, 0.3) is 0 Å². The van der Waals surface area contributed by atoms with Crippen LogP contribution in [0.2, 0.25) is 0 Å². The van der Waals surface area contributed by atoms with Gasteiger partial charge in [-0.15, -0.1) is 12.8 Å². The highest BCUT2D eigenvalue weighted by Gasteiger charge is 2.05. The van der Waals surface area contributed by atoms with Crippen LogP contribution in [0.4, 0.5) is 0 Å². The second-order valence-corrected chi connectivity index (χ2v) is 2.81. The lowest BCUT2D eigenvalue weighted by atomic mass is 10.0. The molecule has 0 aliphatic rings. The summed E-state index contributed by atoms with van der Waals surface area (Å²) >= 11 is 0. The molecule has 0 spiro atoms. The largest absolute Gasteiger partial charge is 0.376 e. The van der Waals surface area contributed by atoms with Crippen LogP contribution in [0.3, 0.4) is 0 Å². The Kier molecular flexibility index (Phi) is 3.31. The third kappa shape index (κ3) is 2.14. The highest BCUT2D eigenvalue weighted by atomic mass is 16.3. The van der Waals surface area contributed by atoms with Crippen LogP contribution in [0, 0.1) is 24.7 Å². The Hall–Kier alpha value is -1.74. The standard InChI is InChI=1S/C12H10O2/c1-3-11(13)9-5-7-10(8-6-9)12(14)4-2/h1-2,5-8,11-14H. The first kappa shape index (κ1) is 10.3. The Morgan fingerprint density at radius 3 is 1.36 bits per heavy atom. The van der Waals surface area contributed by atoms with Gasteiger partial charge < -0.3 is 10.2 Å². The molecule has 0 radical (unpaired) electrons. The highest BCUT2D eigenvalue weighted by Crippen LogP contribution is 2.16. The van der Waals surface area contributed by atoms with E-state index in [9.17, 15) is 10.2 Å². The van der Waals surface area contributed by atoms with E-state index in [2.05, 4.69) is 11.8 Å². The molecule has 0 fully saturated rings. The lowest BCUT2D eigenvalue weighted by Gasteiger charge is -2.06. The third-order valence-electron chi connectivity index (χ3n) is 1.88. The van der Waals surface area contributed by atoms with Crippen LogP contribution in [-0.4, -0.2) is 10.2 Å². The van der Waals surface area contributed by atoms with Gasteiger partial charge in [0.2, 0.25) is 0 Å². The summed E-state index contributed by atoms with van der Waals surface area (Å²) in [6.07, 6.45) is 8.27. The van der Waals surface area contributed by atoms with Gasteiger partial charge in [-0.1, -0.05) is 36.1 Å². The molecule has 0 amide bonds. The normalized spacial score (nSPS) is 13.7. The van der Waals surface area contributed by atoms with Gasteiger partial charge >= 0.3 is 0 Å². The van der Waals surface area contributed by atoms with Crippen molar-refractivity contribution < 1.29 is 10.2 Å². The van der Waals surface area contributed by atoms with Crippen molar-refractivity contribution in [2.24, 2.45) is 0 Å². The summed E-state index contributed by atoms with van der Waals surface area (Å²) in [5.41, 5.74) is 1.22. The average Bonchev–Trinajstić information content (AvgIpc) is 2.27. The van der Waals surface area contributed by atoms with E-state index in [0.717, 1.165) is 0 Å². The highest BCUT2D eigenvalue weighted by molar-refractivity contribution is 5.31. The molecule has 2 heteroatoms. The fraction of sp³-hybridized carbons (Fsp3) is 0.167. The lowest BCUT2D eigenvalue weighted by molar-refractivity contribution is 0.234. The fourth-order valence-corrected chi connectivity index (χ4v) is 1.05. The smallest absolute Gasteiger partial charge is 0.139 e. The molecule has 2 N–H and O–H groups in total. The Bertz CT molecular complexity index is 339. The van der Waals surface area contributed by atoms with Gasteiger partial charge in [0, 0.05) is 0 Å². The van der Waals surface area contributed by atoms with E-state index in [0.29, 0.717) is 11.1 Å². The van der Waals surface area contributed by atoms with Crippen LogP contribution in [0.25, 0.3) is 0 Å². The van der Waals surface area contributed by atoms with Crippen molar-refractivity contribution in [2.75, 3.05) is 0 Å². The molecule has 2 atom stereocenters. The summed E-state index contributed by atoms with van der Waals surface area (Å²) in [5.74, 6) is 4.39. The van der Waals surface area contributed by atoms with Crippen LogP contribution in [0.15, 0.2) is 24.3 Å². The van der Waals surface area contributed by atoms with Gasteiger partial charge in [-0.25, -0.2) is 0 Å². The summed E-state index contributed by atoms with van der Waals surface area (Å²) in [7, 11) is 0. The first-order chi connectivity index (χ1) is 6.69. The first-order valence-electron chi connectivity index (χ1n) is 4.07. The molecule has 0 aliphatic heterocycles. The van der Waals surface area contributed by atoms with Crippen molar-refractivity contribution in [3.8, 4) is 24.7 Å². The molecule has 2 nitrogen and oxygen atoms in total. The van der Waals surface area contributed by atoms with E-state index in [4.69, 9.17) is 12.8 Å². The molecule has 2 unspecified atom stereocenters. The Morgan fingerprint density at radius 2 is 1.14 bits per heavy atom. The minimum absolute atomic E-state index is 0.612. The van der Waals surface area contributed by atoms with Crippen molar-refractivity contribution in [3.63, 3.8) is 0 Å².